The average Bonchev–Trinajstić information content (AvgIpc) is 2.66. The summed E-state index contributed by atoms with van der Waals surface area (Å²) < 4.78 is 0. The first-order valence-electron chi connectivity index (χ1n) is 9.56. The standard InChI is InChI=1S/C16H19NO2.C3H8.2C2H6/c1-3-5-15(16(18)19)13(4-2)9-6-12-7-10-14(17)11-8-12;1-3-2;2*1-2/h3-5,7-8,10-11H,2,6,9,17H2,1H3,(H,18,19);3H2,1-2H3;2*1-2H3/b5-3-,15-13-;;;. The second kappa shape index (κ2) is 20.8. The van der Waals surface area contributed by atoms with E-state index in [1.165, 1.54) is 6.42 Å². The molecule has 0 saturated heterocycles. The van der Waals surface area contributed by atoms with E-state index in [1.807, 2.05) is 52.0 Å². The van der Waals surface area contributed by atoms with Gasteiger partial charge in [-0.25, -0.2) is 4.79 Å². The number of aryl methyl sites for hydroxylation is 1. The van der Waals surface area contributed by atoms with Gasteiger partial charge in [-0.3, -0.25) is 0 Å². The number of rotatable bonds is 6. The van der Waals surface area contributed by atoms with Crippen molar-refractivity contribution in [1.82, 2.24) is 0 Å². The summed E-state index contributed by atoms with van der Waals surface area (Å²) in [5.41, 5.74) is 8.51. The predicted molar refractivity (Wildman–Crippen MR) is 118 cm³/mol. The molecule has 0 atom stereocenters. The second-order valence-electron chi connectivity index (χ2n) is 4.90. The largest absolute Gasteiger partial charge is 0.478 e. The van der Waals surface area contributed by atoms with Crippen molar-refractivity contribution in [2.75, 3.05) is 5.73 Å². The van der Waals surface area contributed by atoms with Crippen LogP contribution in [0.1, 0.15) is 66.9 Å². The van der Waals surface area contributed by atoms with E-state index in [0.29, 0.717) is 12.0 Å². The molecule has 1 aromatic carbocycles. The first kappa shape index (κ1) is 28.5. The number of benzene rings is 1. The Hall–Kier alpha value is -2.29. The van der Waals surface area contributed by atoms with Crippen molar-refractivity contribution in [2.45, 2.75) is 67.7 Å². The smallest absolute Gasteiger partial charge is 0.335 e. The van der Waals surface area contributed by atoms with Gasteiger partial charge in [0.25, 0.3) is 0 Å². The molecular weight excluding hydrogens is 322 g/mol. The topological polar surface area (TPSA) is 63.3 Å². The van der Waals surface area contributed by atoms with Crippen molar-refractivity contribution in [1.29, 1.82) is 0 Å². The van der Waals surface area contributed by atoms with Crippen LogP contribution in [0.5, 0.6) is 0 Å². The number of carbonyl (C=O) groups is 1. The van der Waals surface area contributed by atoms with Crippen molar-refractivity contribution < 1.29 is 9.90 Å². The van der Waals surface area contributed by atoms with Gasteiger partial charge < -0.3 is 10.8 Å². The molecule has 0 fully saturated rings. The van der Waals surface area contributed by atoms with Gasteiger partial charge in [0.05, 0.1) is 5.57 Å². The van der Waals surface area contributed by atoms with Crippen LogP contribution in [0, 0.1) is 0 Å². The number of nitrogens with two attached hydrogens (primary N) is 1. The SMILES string of the molecule is C=C/C(CCc1ccc(N)cc1)=C(\C=C/C)C(=O)O.CC.CC.CCC. The summed E-state index contributed by atoms with van der Waals surface area (Å²) >= 11 is 0. The van der Waals surface area contributed by atoms with Crippen LogP contribution in [-0.2, 0) is 11.2 Å². The monoisotopic (exact) mass is 361 g/mol. The molecule has 1 aromatic rings. The molecule has 0 saturated carbocycles. The number of anilines is 1. The van der Waals surface area contributed by atoms with Gasteiger partial charge in [-0.05, 0) is 43.0 Å². The first-order valence-corrected chi connectivity index (χ1v) is 9.56. The number of hydrogen-bond acceptors (Lipinski definition) is 2. The summed E-state index contributed by atoms with van der Waals surface area (Å²) in [5.74, 6) is -0.926. The van der Waals surface area contributed by atoms with Crippen molar-refractivity contribution in [2.24, 2.45) is 0 Å². The molecule has 0 aliphatic heterocycles. The van der Waals surface area contributed by atoms with Crippen molar-refractivity contribution >= 4 is 11.7 Å². The van der Waals surface area contributed by atoms with Crippen LogP contribution >= 0.6 is 0 Å². The zero-order valence-corrected chi connectivity index (χ0v) is 17.8. The van der Waals surface area contributed by atoms with Crippen LogP contribution in [0.15, 0.2) is 60.2 Å². The van der Waals surface area contributed by atoms with E-state index in [0.717, 1.165) is 23.2 Å². The van der Waals surface area contributed by atoms with E-state index in [2.05, 4.69) is 20.4 Å². The molecule has 0 unspecified atom stereocenters. The average molecular weight is 362 g/mol. The highest BCUT2D eigenvalue weighted by molar-refractivity contribution is 5.91. The lowest BCUT2D eigenvalue weighted by Crippen LogP contribution is -2.02. The fraction of sp³-hybridized carbons (Fsp3) is 0.435. The summed E-state index contributed by atoms with van der Waals surface area (Å²) in [4.78, 5) is 11.2. The van der Waals surface area contributed by atoms with Gasteiger partial charge in [0.2, 0.25) is 0 Å². The van der Waals surface area contributed by atoms with Gasteiger partial charge in [-0.1, -0.05) is 84.9 Å². The van der Waals surface area contributed by atoms with Crippen LogP contribution in [0.4, 0.5) is 5.69 Å². The molecular formula is C23H39NO2. The Labute approximate surface area is 161 Å². The Bertz CT molecular complexity index is 526. The predicted octanol–water partition coefficient (Wildman–Crippen LogP) is 6.81. The van der Waals surface area contributed by atoms with Gasteiger partial charge >= 0.3 is 5.97 Å². The Morgan fingerprint density at radius 3 is 1.92 bits per heavy atom. The third kappa shape index (κ3) is 14.1. The van der Waals surface area contributed by atoms with Crippen molar-refractivity contribution in [3.63, 3.8) is 0 Å². The summed E-state index contributed by atoms with van der Waals surface area (Å²) in [6, 6.07) is 7.59. The molecule has 3 heteroatoms. The molecule has 0 bridgehead atoms. The van der Waals surface area contributed by atoms with Crippen LogP contribution in [0.2, 0.25) is 0 Å². The minimum Gasteiger partial charge on any atom is -0.478 e. The van der Waals surface area contributed by atoms with Crippen molar-refractivity contribution in [3.8, 4) is 0 Å². The number of allylic oxidation sites excluding steroid dienone is 3. The summed E-state index contributed by atoms with van der Waals surface area (Å²) in [5, 5.41) is 9.17. The number of hydrogen-bond donors (Lipinski definition) is 2. The third-order valence-corrected chi connectivity index (χ3v) is 2.82. The van der Waals surface area contributed by atoms with Crippen LogP contribution < -0.4 is 5.73 Å². The van der Waals surface area contributed by atoms with E-state index in [1.54, 1.807) is 25.2 Å². The van der Waals surface area contributed by atoms with Crippen molar-refractivity contribution in [3.05, 3.63) is 65.8 Å². The van der Waals surface area contributed by atoms with E-state index in [9.17, 15) is 4.79 Å². The van der Waals surface area contributed by atoms with Crippen LogP contribution in [0.25, 0.3) is 0 Å². The van der Waals surface area contributed by atoms with Gasteiger partial charge in [0.15, 0.2) is 0 Å². The minimum atomic E-state index is -0.926. The van der Waals surface area contributed by atoms with Crippen LogP contribution in [-0.4, -0.2) is 11.1 Å². The molecule has 0 aliphatic rings. The van der Waals surface area contributed by atoms with Gasteiger partial charge in [0, 0.05) is 5.69 Å². The Morgan fingerprint density at radius 1 is 1.12 bits per heavy atom. The highest BCUT2D eigenvalue weighted by Gasteiger charge is 2.09. The Balaban J connectivity index is -0.000000663. The molecule has 148 valence electrons. The zero-order chi connectivity index (χ0) is 21.0. The zero-order valence-electron chi connectivity index (χ0n) is 17.8. The maximum atomic E-state index is 11.2. The molecule has 3 nitrogen and oxygen atoms in total. The van der Waals surface area contributed by atoms with Gasteiger partial charge in [-0.15, -0.1) is 0 Å². The number of nitrogen functional groups attached to an aromatic ring is 1. The fourth-order valence-electron chi connectivity index (χ4n) is 1.79. The Morgan fingerprint density at radius 2 is 1.58 bits per heavy atom. The van der Waals surface area contributed by atoms with Gasteiger partial charge in [0.1, 0.15) is 0 Å². The number of aliphatic carboxylic acids is 1. The summed E-state index contributed by atoms with van der Waals surface area (Å²) in [7, 11) is 0. The second-order valence-corrected chi connectivity index (χ2v) is 4.90. The maximum Gasteiger partial charge on any atom is 0.335 e. The number of carboxylic acids is 1. The van der Waals surface area contributed by atoms with E-state index in [-0.39, 0.29) is 0 Å². The van der Waals surface area contributed by atoms with E-state index < -0.39 is 5.97 Å². The number of carboxylic acid groups (broad SMARTS) is 1. The lowest BCUT2D eigenvalue weighted by molar-refractivity contribution is -0.132. The highest BCUT2D eigenvalue weighted by atomic mass is 16.4. The molecule has 0 amide bonds. The molecule has 0 spiro atoms. The molecule has 0 radical (unpaired) electrons. The van der Waals surface area contributed by atoms with E-state index >= 15 is 0 Å². The molecule has 0 aromatic heterocycles. The third-order valence-electron chi connectivity index (χ3n) is 2.82. The van der Waals surface area contributed by atoms with Crippen LogP contribution in [0.3, 0.4) is 0 Å². The fourth-order valence-corrected chi connectivity index (χ4v) is 1.79. The maximum absolute atomic E-state index is 11.2. The lowest BCUT2D eigenvalue weighted by Gasteiger charge is -2.06. The quantitative estimate of drug-likeness (QED) is 0.332. The minimum absolute atomic E-state index is 0.299. The Kier molecular flexibility index (Phi) is 22.8. The molecule has 0 heterocycles. The lowest BCUT2D eigenvalue weighted by atomic mass is 9.99. The highest BCUT2D eigenvalue weighted by Crippen LogP contribution is 2.16. The van der Waals surface area contributed by atoms with Gasteiger partial charge in [-0.2, -0.15) is 0 Å². The molecule has 1 rings (SSSR count). The summed E-state index contributed by atoms with van der Waals surface area (Å²) in [6.07, 6.45) is 7.58. The summed E-state index contributed by atoms with van der Waals surface area (Å²) in [6.45, 7) is 17.7. The normalized spacial score (nSPS) is 10.1. The van der Waals surface area contributed by atoms with E-state index in [4.69, 9.17) is 10.8 Å². The molecule has 26 heavy (non-hydrogen) atoms. The molecule has 0 aliphatic carbocycles. The first-order chi connectivity index (χ1) is 12.5. The molecule has 3 N–H and O–H groups in total.